The molecule has 0 saturated carbocycles. The number of carbonyl (C=O) groups is 2. The maximum Gasteiger partial charge on any atom is 0.260 e. The second-order valence-electron chi connectivity index (χ2n) is 6.71. The molecule has 0 saturated heterocycles. The summed E-state index contributed by atoms with van der Waals surface area (Å²) >= 11 is 0. The van der Waals surface area contributed by atoms with Gasteiger partial charge >= 0.3 is 0 Å². The second kappa shape index (κ2) is 6.98. The van der Waals surface area contributed by atoms with Crippen LogP contribution in [-0.4, -0.2) is 29.9 Å². The molecule has 2 aromatic carbocycles. The number of benzene rings is 2. The average molecular weight is 372 g/mol. The Morgan fingerprint density at radius 3 is 2.67 bits per heavy atom. The third-order valence-electron chi connectivity index (χ3n) is 4.98. The Morgan fingerprint density at radius 1 is 1.07 bits per heavy atom. The van der Waals surface area contributed by atoms with Gasteiger partial charge in [-0.3, -0.25) is 9.59 Å². The van der Waals surface area contributed by atoms with Crippen LogP contribution in [0.25, 0.3) is 0 Å². The first kappa shape index (κ1) is 17.5. The topological polar surface area (TPSA) is 58.6 Å². The van der Waals surface area contributed by atoms with Gasteiger partial charge in [-0.15, -0.1) is 0 Å². The standard InChI is InChI=1S/C20H18F2N2O3/c21-16-3-4-17(22)15-10-24(8-7-14(15)16)20(26)11-27-13-2-5-18-12(9-13)1-6-19(25)23-18/h2-5,9H,1,6-8,10-11H2,(H,23,25). The Balaban J connectivity index is 1.40. The van der Waals surface area contributed by atoms with Crippen LogP contribution in [-0.2, 0) is 29.0 Å². The van der Waals surface area contributed by atoms with Gasteiger partial charge in [0.2, 0.25) is 5.91 Å². The summed E-state index contributed by atoms with van der Waals surface area (Å²) in [6, 6.07) is 7.46. The summed E-state index contributed by atoms with van der Waals surface area (Å²) < 4.78 is 33.3. The Hall–Kier alpha value is -2.96. The third-order valence-corrected chi connectivity index (χ3v) is 4.98. The first-order valence-corrected chi connectivity index (χ1v) is 8.80. The van der Waals surface area contributed by atoms with Gasteiger partial charge in [-0.25, -0.2) is 8.78 Å². The fourth-order valence-electron chi connectivity index (χ4n) is 3.49. The van der Waals surface area contributed by atoms with Crippen LogP contribution in [0.15, 0.2) is 30.3 Å². The van der Waals surface area contributed by atoms with Gasteiger partial charge in [0.1, 0.15) is 17.4 Å². The van der Waals surface area contributed by atoms with Crippen molar-refractivity contribution in [1.82, 2.24) is 4.90 Å². The van der Waals surface area contributed by atoms with Crippen molar-refractivity contribution in [2.45, 2.75) is 25.8 Å². The summed E-state index contributed by atoms with van der Waals surface area (Å²) in [5.41, 5.74) is 2.30. The first-order chi connectivity index (χ1) is 13.0. The van der Waals surface area contributed by atoms with Crippen molar-refractivity contribution in [3.8, 4) is 5.75 Å². The molecule has 2 aliphatic rings. The quantitative estimate of drug-likeness (QED) is 0.901. The second-order valence-corrected chi connectivity index (χ2v) is 6.71. The normalized spacial score (nSPS) is 15.6. The molecular formula is C20H18F2N2O3. The lowest BCUT2D eigenvalue weighted by molar-refractivity contribution is -0.134. The van der Waals surface area contributed by atoms with E-state index >= 15 is 0 Å². The summed E-state index contributed by atoms with van der Waals surface area (Å²) in [4.78, 5) is 25.3. The molecule has 7 heteroatoms. The number of fused-ring (bicyclic) bond motifs is 2. The number of ether oxygens (including phenoxy) is 1. The van der Waals surface area contributed by atoms with Gasteiger partial charge in [0.25, 0.3) is 5.91 Å². The van der Waals surface area contributed by atoms with Gasteiger partial charge in [0, 0.05) is 30.8 Å². The van der Waals surface area contributed by atoms with Crippen LogP contribution in [0.4, 0.5) is 14.5 Å². The van der Waals surface area contributed by atoms with Crippen molar-refractivity contribution in [1.29, 1.82) is 0 Å². The van der Waals surface area contributed by atoms with Crippen molar-refractivity contribution >= 4 is 17.5 Å². The number of nitrogens with one attached hydrogen (secondary N) is 1. The fourth-order valence-corrected chi connectivity index (χ4v) is 3.49. The van der Waals surface area contributed by atoms with E-state index in [-0.39, 0.29) is 37.0 Å². The molecule has 2 aliphatic heterocycles. The molecule has 0 radical (unpaired) electrons. The molecule has 0 unspecified atom stereocenters. The first-order valence-electron chi connectivity index (χ1n) is 8.80. The minimum Gasteiger partial charge on any atom is -0.484 e. The Labute approximate surface area is 154 Å². The number of anilines is 1. The highest BCUT2D eigenvalue weighted by Crippen LogP contribution is 2.27. The molecule has 0 aliphatic carbocycles. The zero-order valence-electron chi connectivity index (χ0n) is 14.6. The van der Waals surface area contributed by atoms with E-state index in [1.165, 1.54) is 4.90 Å². The zero-order valence-corrected chi connectivity index (χ0v) is 14.6. The lowest BCUT2D eigenvalue weighted by Gasteiger charge is -2.29. The highest BCUT2D eigenvalue weighted by molar-refractivity contribution is 5.94. The number of aryl methyl sites for hydroxylation is 1. The van der Waals surface area contributed by atoms with E-state index in [0.717, 1.165) is 23.4 Å². The van der Waals surface area contributed by atoms with E-state index in [1.807, 2.05) is 6.07 Å². The molecule has 0 fully saturated rings. The van der Waals surface area contributed by atoms with Gasteiger partial charge in [0.05, 0.1) is 0 Å². The van der Waals surface area contributed by atoms with Crippen LogP contribution in [0.5, 0.6) is 5.75 Å². The molecule has 2 aromatic rings. The molecule has 5 nitrogen and oxygen atoms in total. The van der Waals surface area contributed by atoms with E-state index in [4.69, 9.17) is 4.74 Å². The number of nitrogens with zero attached hydrogens (tertiary/aromatic N) is 1. The van der Waals surface area contributed by atoms with Crippen LogP contribution in [0.3, 0.4) is 0 Å². The molecular weight excluding hydrogens is 354 g/mol. The molecule has 2 amide bonds. The molecule has 27 heavy (non-hydrogen) atoms. The average Bonchev–Trinajstić information content (AvgIpc) is 2.68. The van der Waals surface area contributed by atoms with Gasteiger partial charge in [-0.05, 0) is 54.3 Å². The molecule has 2 heterocycles. The third kappa shape index (κ3) is 3.49. The largest absolute Gasteiger partial charge is 0.484 e. The van der Waals surface area contributed by atoms with E-state index in [0.29, 0.717) is 30.7 Å². The number of rotatable bonds is 3. The van der Waals surface area contributed by atoms with Crippen molar-refractivity contribution in [2.75, 3.05) is 18.5 Å². The predicted octanol–water partition coefficient (Wildman–Crippen LogP) is 2.81. The summed E-state index contributed by atoms with van der Waals surface area (Å²) in [5.74, 6) is -0.693. The monoisotopic (exact) mass is 372 g/mol. The highest BCUT2D eigenvalue weighted by atomic mass is 19.1. The van der Waals surface area contributed by atoms with Crippen LogP contribution in [0, 0.1) is 11.6 Å². The van der Waals surface area contributed by atoms with Crippen molar-refractivity contribution in [3.63, 3.8) is 0 Å². The van der Waals surface area contributed by atoms with Gasteiger partial charge in [0.15, 0.2) is 6.61 Å². The summed E-state index contributed by atoms with van der Waals surface area (Å²) in [6.45, 7) is 0.181. The van der Waals surface area contributed by atoms with E-state index in [1.54, 1.807) is 12.1 Å². The number of hydrogen-bond donors (Lipinski definition) is 1. The highest BCUT2D eigenvalue weighted by Gasteiger charge is 2.25. The van der Waals surface area contributed by atoms with E-state index in [2.05, 4.69) is 5.32 Å². The minimum atomic E-state index is -0.499. The lowest BCUT2D eigenvalue weighted by Crippen LogP contribution is -2.39. The molecule has 0 atom stereocenters. The van der Waals surface area contributed by atoms with Crippen molar-refractivity contribution < 1.29 is 23.1 Å². The molecule has 0 bridgehead atoms. The molecule has 1 N–H and O–H groups in total. The zero-order chi connectivity index (χ0) is 19.0. The lowest BCUT2D eigenvalue weighted by atomic mass is 9.98. The maximum absolute atomic E-state index is 14.0. The summed E-state index contributed by atoms with van der Waals surface area (Å²) in [7, 11) is 0. The molecule has 140 valence electrons. The van der Waals surface area contributed by atoms with Gasteiger partial charge in [-0.1, -0.05) is 0 Å². The molecule has 0 aromatic heterocycles. The van der Waals surface area contributed by atoms with Crippen molar-refractivity contribution in [2.24, 2.45) is 0 Å². The number of carbonyl (C=O) groups excluding carboxylic acids is 2. The fraction of sp³-hybridized carbons (Fsp3) is 0.300. The number of hydrogen-bond acceptors (Lipinski definition) is 3. The van der Waals surface area contributed by atoms with Crippen LogP contribution in [0.1, 0.15) is 23.1 Å². The van der Waals surface area contributed by atoms with Crippen LogP contribution in [0.2, 0.25) is 0 Å². The number of halogens is 2. The van der Waals surface area contributed by atoms with Crippen molar-refractivity contribution in [3.05, 3.63) is 58.7 Å². The minimum absolute atomic E-state index is 0.0135. The summed E-state index contributed by atoms with van der Waals surface area (Å²) in [5, 5.41) is 2.79. The molecule has 0 spiro atoms. The van der Waals surface area contributed by atoms with Gasteiger partial charge in [-0.2, -0.15) is 0 Å². The van der Waals surface area contributed by atoms with E-state index in [9.17, 15) is 18.4 Å². The summed E-state index contributed by atoms with van der Waals surface area (Å²) in [6.07, 6.45) is 1.33. The van der Waals surface area contributed by atoms with Crippen LogP contribution < -0.4 is 10.1 Å². The maximum atomic E-state index is 14.0. The van der Waals surface area contributed by atoms with E-state index < -0.39 is 11.6 Å². The van der Waals surface area contributed by atoms with Gasteiger partial charge < -0.3 is 15.0 Å². The Bertz CT molecular complexity index is 930. The van der Waals surface area contributed by atoms with Crippen LogP contribution >= 0.6 is 0 Å². The Morgan fingerprint density at radius 2 is 1.85 bits per heavy atom. The SMILES string of the molecule is O=C1CCc2cc(OCC(=O)N3CCc4c(F)ccc(F)c4C3)ccc2N1. The smallest absolute Gasteiger partial charge is 0.260 e. The predicted molar refractivity (Wildman–Crippen MR) is 94.4 cm³/mol. The Kier molecular flexibility index (Phi) is 4.51. The molecule has 4 rings (SSSR count). The number of amides is 2.